The second-order valence-electron chi connectivity index (χ2n) is 8.81. The van der Waals surface area contributed by atoms with E-state index in [1.54, 1.807) is 35.3 Å². The molecule has 37 heavy (non-hydrogen) atoms. The van der Waals surface area contributed by atoms with Gasteiger partial charge in [-0.1, -0.05) is 25.1 Å². The Morgan fingerprint density at radius 2 is 1.97 bits per heavy atom. The van der Waals surface area contributed by atoms with E-state index in [1.165, 1.54) is 17.0 Å². The van der Waals surface area contributed by atoms with E-state index in [2.05, 4.69) is 38.4 Å². The summed E-state index contributed by atoms with van der Waals surface area (Å²) in [5, 5.41) is 15.5. The van der Waals surface area contributed by atoms with Gasteiger partial charge in [0.25, 0.3) is 5.56 Å². The van der Waals surface area contributed by atoms with Gasteiger partial charge in [-0.2, -0.15) is 0 Å². The van der Waals surface area contributed by atoms with Crippen molar-refractivity contribution >= 4 is 22.2 Å². The fraction of sp³-hybridized carbons (Fsp3) is 0.259. The summed E-state index contributed by atoms with van der Waals surface area (Å²) >= 11 is 1.67. The van der Waals surface area contributed by atoms with Crippen LogP contribution in [0.15, 0.2) is 70.8 Å². The molecule has 5 rings (SSSR count). The van der Waals surface area contributed by atoms with Crippen LogP contribution in [-0.2, 0) is 19.6 Å². The molecular formula is C27H27FN6O2S. The van der Waals surface area contributed by atoms with E-state index in [4.69, 9.17) is 4.74 Å². The normalized spacial score (nSPS) is 12.3. The Morgan fingerprint density at radius 3 is 2.70 bits per heavy atom. The van der Waals surface area contributed by atoms with Gasteiger partial charge in [-0.25, -0.2) is 9.07 Å². The number of ether oxygens (including phenoxy) is 1. The standard InChI is InChI=1S/C27H27FN6O2S/c1-3-25(26-30-31-32-34(26)15-18-6-8-21(28)9-7-18)33(17-23-5-4-12-37-23)16-20-13-19-14-22(36-2)10-11-24(19)29-27(20)35/h4-14,25H,3,15-17H2,1-2H3,(H,29,35)/t25-/m0/s1. The summed E-state index contributed by atoms with van der Waals surface area (Å²) in [5.74, 6) is 1.14. The number of benzene rings is 2. The Bertz CT molecular complexity index is 1530. The van der Waals surface area contributed by atoms with Crippen molar-refractivity contribution in [2.75, 3.05) is 7.11 Å². The van der Waals surface area contributed by atoms with Crippen LogP contribution in [-0.4, -0.2) is 37.2 Å². The van der Waals surface area contributed by atoms with Crippen molar-refractivity contribution < 1.29 is 9.13 Å². The Morgan fingerprint density at radius 1 is 1.14 bits per heavy atom. The number of nitrogens with one attached hydrogen (secondary N) is 1. The number of rotatable bonds is 10. The van der Waals surface area contributed by atoms with Crippen LogP contribution >= 0.6 is 11.3 Å². The zero-order valence-corrected chi connectivity index (χ0v) is 21.4. The minimum Gasteiger partial charge on any atom is -0.497 e. The van der Waals surface area contributed by atoms with Gasteiger partial charge >= 0.3 is 0 Å². The Labute approximate surface area is 217 Å². The predicted molar refractivity (Wildman–Crippen MR) is 141 cm³/mol. The molecule has 1 N–H and O–H groups in total. The summed E-state index contributed by atoms with van der Waals surface area (Å²) in [5.41, 5.74) is 2.17. The van der Waals surface area contributed by atoms with Gasteiger partial charge in [0, 0.05) is 34.4 Å². The maximum absolute atomic E-state index is 13.4. The molecule has 5 aromatic rings. The number of H-pyrrole nitrogens is 1. The van der Waals surface area contributed by atoms with E-state index < -0.39 is 0 Å². The Balaban J connectivity index is 1.50. The van der Waals surface area contributed by atoms with Gasteiger partial charge in [-0.05, 0) is 70.3 Å². The molecule has 0 bridgehead atoms. The van der Waals surface area contributed by atoms with Crippen molar-refractivity contribution in [1.82, 2.24) is 30.1 Å². The molecule has 0 saturated carbocycles. The number of hydrogen-bond donors (Lipinski definition) is 1. The van der Waals surface area contributed by atoms with Gasteiger partial charge in [0.15, 0.2) is 5.82 Å². The molecule has 0 radical (unpaired) electrons. The molecule has 0 amide bonds. The molecule has 3 heterocycles. The van der Waals surface area contributed by atoms with E-state index in [0.29, 0.717) is 31.0 Å². The monoisotopic (exact) mass is 518 g/mol. The van der Waals surface area contributed by atoms with Gasteiger partial charge in [0.2, 0.25) is 0 Å². The topological polar surface area (TPSA) is 88.9 Å². The van der Waals surface area contributed by atoms with Gasteiger partial charge in [-0.15, -0.1) is 16.4 Å². The quantitative estimate of drug-likeness (QED) is 0.282. The third-order valence-corrected chi connectivity index (χ3v) is 7.23. The first kappa shape index (κ1) is 24.8. The molecule has 8 nitrogen and oxygen atoms in total. The summed E-state index contributed by atoms with van der Waals surface area (Å²) in [6.45, 7) is 3.54. The molecule has 2 aromatic carbocycles. The summed E-state index contributed by atoms with van der Waals surface area (Å²) in [6.07, 6.45) is 0.731. The lowest BCUT2D eigenvalue weighted by molar-refractivity contribution is 0.163. The molecule has 0 fully saturated rings. The zero-order valence-electron chi connectivity index (χ0n) is 20.6. The fourth-order valence-electron chi connectivity index (χ4n) is 4.50. The van der Waals surface area contributed by atoms with E-state index in [9.17, 15) is 9.18 Å². The number of aromatic nitrogens is 5. The predicted octanol–water partition coefficient (Wildman–Crippen LogP) is 4.93. The molecule has 10 heteroatoms. The van der Waals surface area contributed by atoms with Gasteiger partial charge in [0.05, 0.1) is 19.7 Å². The lowest BCUT2D eigenvalue weighted by atomic mass is 10.1. The summed E-state index contributed by atoms with van der Waals surface area (Å²) in [7, 11) is 1.62. The molecule has 0 unspecified atom stereocenters. The van der Waals surface area contributed by atoms with Gasteiger partial charge < -0.3 is 9.72 Å². The average molecular weight is 519 g/mol. The largest absolute Gasteiger partial charge is 0.497 e. The van der Waals surface area contributed by atoms with E-state index in [0.717, 1.165) is 28.6 Å². The SMILES string of the molecule is CC[C@@H](c1nnnn1Cc1ccc(F)cc1)N(Cc1cccs1)Cc1cc2cc(OC)ccc2[nH]c1=O. The van der Waals surface area contributed by atoms with Crippen LogP contribution in [0, 0.1) is 5.82 Å². The van der Waals surface area contributed by atoms with Crippen LogP contribution in [0.5, 0.6) is 5.75 Å². The van der Waals surface area contributed by atoms with Crippen LogP contribution < -0.4 is 10.3 Å². The van der Waals surface area contributed by atoms with Crippen molar-refractivity contribution in [1.29, 1.82) is 0 Å². The fourth-order valence-corrected chi connectivity index (χ4v) is 5.23. The number of aromatic amines is 1. The first-order chi connectivity index (χ1) is 18.0. The van der Waals surface area contributed by atoms with Crippen LogP contribution in [0.3, 0.4) is 0 Å². The molecule has 0 saturated heterocycles. The Kier molecular flexibility index (Phi) is 7.38. The van der Waals surface area contributed by atoms with Gasteiger partial charge in [-0.3, -0.25) is 9.69 Å². The summed E-state index contributed by atoms with van der Waals surface area (Å²) < 4.78 is 20.5. The third-order valence-electron chi connectivity index (χ3n) is 6.37. The van der Waals surface area contributed by atoms with Crippen LogP contribution in [0.25, 0.3) is 10.9 Å². The van der Waals surface area contributed by atoms with Crippen LogP contribution in [0.4, 0.5) is 4.39 Å². The number of fused-ring (bicyclic) bond motifs is 1. The molecule has 3 aromatic heterocycles. The first-order valence-corrected chi connectivity index (χ1v) is 12.9. The molecule has 0 aliphatic heterocycles. The molecular weight excluding hydrogens is 491 g/mol. The third kappa shape index (κ3) is 5.60. The maximum atomic E-state index is 13.4. The van der Waals surface area contributed by atoms with Crippen molar-refractivity contribution in [3.05, 3.63) is 104 Å². The molecule has 0 aliphatic rings. The average Bonchev–Trinajstić information content (AvgIpc) is 3.58. The van der Waals surface area contributed by atoms with E-state index in [-0.39, 0.29) is 17.4 Å². The second kappa shape index (κ2) is 11.0. The van der Waals surface area contributed by atoms with Crippen molar-refractivity contribution in [2.24, 2.45) is 0 Å². The molecule has 190 valence electrons. The lowest BCUT2D eigenvalue weighted by Crippen LogP contribution is -2.32. The minimum atomic E-state index is -0.285. The molecule has 0 spiro atoms. The highest BCUT2D eigenvalue weighted by molar-refractivity contribution is 7.09. The van der Waals surface area contributed by atoms with Gasteiger partial charge in [0.1, 0.15) is 11.6 Å². The number of thiophene rings is 1. The number of pyridine rings is 1. The summed E-state index contributed by atoms with van der Waals surface area (Å²) in [4.78, 5) is 19.5. The highest BCUT2D eigenvalue weighted by Gasteiger charge is 2.26. The number of hydrogen-bond acceptors (Lipinski definition) is 7. The van der Waals surface area contributed by atoms with E-state index in [1.807, 2.05) is 35.7 Å². The van der Waals surface area contributed by atoms with Crippen molar-refractivity contribution in [3.63, 3.8) is 0 Å². The Hall–Kier alpha value is -3.89. The maximum Gasteiger partial charge on any atom is 0.252 e. The summed E-state index contributed by atoms with van der Waals surface area (Å²) in [6, 6.07) is 17.8. The number of tetrazole rings is 1. The zero-order chi connectivity index (χ0) is 25.8. The van der Waals surface area contributed by atoms with E-state index >= 15 is 0 Å². The molecule has 0 aliphatic carbocycles. The van der Waals surface area contributed by atoms with Crippen LogP contribution in [0.2, 0.25) is 0 Å². The number of halogens is 1. The van der Waals surface area contributed by atoms with Crippen molar-refractivity contribution in [3.8, 4) is 5.75 Å². The number of methoxy groups -OCH3 is 1. The smallest absolute Gasteiger partial charge is 0.252 e. The second-order valence-corrected chi connectivity index (χ2v) is 9.84. The van der Waals surface area contributed by atoms with Crippen molar-refractivity contribution in [2.45, 2.75) is 39.0 Å². The first-order valence-electron chi connectivity index (χ1n) is 12.0. The molecule has 1 atom stereocenters. The number of nitrogens with zero attached hydrogens (tertiary/aromatic N) is 5. The highest BCUT2D eigenvalue weighted by Crippen LogP contribution is 2.28. The highest BCUT2D eigenvalue weighted by atomic mass is 32.1. The minimum absolute atomic E-state index is 0.130. The lowest BCUT2D eigenvalue weighted by Gasteiger charge is -2.30. The van der Waals surface area contributed by atoms with Crippen LogP contribution in [0.1, 0.15) is 41.2 Å².